The van der Waals surface area contributed by atoms with Crippen molar-refractivity contribution in [2.45, 2.75) is 44.8 Å². The standard InChI is InChI=1S/C17H22N2O3/c1-12(2)22-10-9-19-15(20)17(18-16(19)21)8-7-13-5-3-4-6-14(13)11-17/h3-6,12H,7-11H2,1-2H3,(H,18,21). The molecule has 118 valence electrons. The Hall–Kier alpha value is -1.88. The number of rotatable bonds is 4. The van der Waals surface area contributed by atoms with Crippen LogP contribution in [0.1, 0.15) is 31.4 Å². The topological polar surface area (TPSA) is 58.6 Å². The number of hydrogen-bond donors (Lipinski definition) is 1. The minimum atomic E-state index is -0.761. The van der Waals surface area contributed by atoms with Crippen LogP contribution in [-0.4, -0.2) is 41.6 Å². The van der Waals surface area contributed by atoms with Crippen molar-refractivity contribution in [1.29, 1.82) is 0 Å². The highest BCUT2D eigenvalue weighted by molar-refractivity contribution is 6.07. The zero-order valence-corrected chi connectivity index (χ0v) is 13.1. The summed E-state index contributed by atoms with van der Waals surface area (Å²) in [5.74, 6) is -0.112. The summed E-state index contributed by atoms with van der Waals surface area (Å²) in [6.45, 7) is 4.56. The molecule has 0 saturated carbocycles. The van der Waals surface area contributed by atoms with Crippen molar-refractivity contribution in [2.75, 3.05) is 13.2 Å². The van der Waals surface area contributed by atoms with Crippen LogP contribution in [0.25, 0.3) is 0 Å². The molecule has 1 spiro atoms. The van der Waals surface area contributed by atoms with E-state index in [1.807, 2.05) is 32.0 Å². The Morgan fingerprint density at radius 2 is 2.00 bits per heavy atom. The molecule has 22 heavy (non-hydrogen) atoms. The Morgan fingerprint density at radius 3 is 2.73 bits per heavy atom. The highest BCUT2D eigenvalue weighted by Gasteiger charge is 2.52. The summed E-state index contributed by atoms with van der Waals surface area (Å²) >= 11 is 0. The third-order valence-corrected chi connectivity index (χ3v) is 4.44. The van der Waals surface area contributed by atoms with Gasteiger partial charge in [0.25, 0.3) is 5.91 Å². The molecular weight excluding hydrogens is 280 g/mol. The van der Waals surface area contributed by atoms with Crippen LogP contribution in [0.5, 0.6) is 0 Å². The lowest BCUT2D eigenvalue weighted by molar-refractivity contribution is -0.132. The zero-order chi connectivity index (χ0) is 15.7. The van der Waals surface area contributed by atoms with Crippen LogP contribution >= 0.6 is 0 Å². The van der Waals surface area contributed by atoms with Crippen LogP contribution in [0, 0.1) is 0 Å². The maximum absolute atomic E-state index is 12.8. The van der Waals surface area contributed by atoms with E-state index >= 15 is 0 Å². The lowest BCUT2D eigenvalue weighted by Gasteiger charge is -2.32. The van der Waals surface area contributed by atoms with E-state index in [0.717, 1.165) is 12.0 Å². The Kier molecular flexibility index (Phi) is 3.91. The molecule has 3 rings (SSSR count). The van der Waals surface area contributed by atoms with Gasteiger partial charge in [-0.2, -0.15) is 0 Å². The van der Waals surface area contributed by atoms with Gasteiger partial charge in [0, 0.05) is 6.42 Å². The van der Waals surface area contributed by atoms with Crippen LogP contribution in [-0.2, 0) is 22.4 Å². The number of imide groups is 1. The van der Waals surface area contributed by atoms with E-state index in [0.29, 0.717) is 26.0 Å². The van der Waals surface area contributed by atoms with E-state index in [-0.39, 0.29) is 18.0 Å². The number of carbonyl (C=O) groups excluding carboxylic acids is 2. The molecule has 1 aromatic carbocycles. The van der Waals surface area contributed by atoms with E-state index in [1.165, 1.54) is 10.5 Å². The minimum absolute atomic E-state index is 0.0938. The summed E-state index contributed by atoms with van der Waals surface area (Å²) in [6.07, 6.45) is 2.15. The van der Waals surface area contributed by atoms with Crippen LogP contribution in [0.2, 0.25) is 0 Å². The Balaban J connectivity index is 1.74. The van der Waals surface area contributed by atoms with Gasteiger partial charge in [0.1, 0.15) is 5.54 Å². The van der Waals surface area contributed by atoms with E-state index < -0.39 is 5.54 Å². The molecular formula is C17H22N2O3. The van der Waals surface area contributed by atoms with Gasteiger partial charge >= 0.3 is 6.03 Å². The van der Waals surface area contributed by atoms with E-state index in [2.05, 4.69) is 11.4 Å². The van der Waals surface area contributed by atoms with Crippen LogP contribution in [0.4, 0.5) is 4.79 Å². The Bertz CT molecular complexity index is 599. The van der Waals surface area contributed by atoms with Crippen molar-refractivity contribution >= 4 is 11.9 Å². The number of carbonyl (C=O) groups is 2. The monoisotopic (exact) mass is 302 g/mol. The summed E-state index contributed by atoms with van der Waals surface area (Å²) < 4.78 is 5.46. The van der Waals surface area contributed by atoms with Crippen molar-refractivity contribution < 1.29 is 14.3 Å². The van der Waals surface area contributed by atoms with Gasteiger partial charge in [-0.1, -0.05) is 24.3 Å². The lowest BCUT2D eigenvalue weighted by Crippen LogP contribution is -2.51. The van der Waals surface area contributed by atoms with Gasteiger partial charge in [0.15, 0.2) is 0 Å². The molecule has 5 nitrogen and oxygen atoms in total. The highest BCUT2D eigenvalue weighted by Crippen LogP contribution is 2.33. The predicted octanol–water partition coefficient (Wildman–Crippen LogP) is 1.89. The fraction of sp³-hybridized carbons (Fsp3) is 0.529. The van der Waals surface area contributed by atoms with Crippen molar-refractivity contribution in [3.05, 3.63) is 35.4 Å². The first-order valence-electron chi connectivity index (χ1n) is 7.84. The number of urea groups is 1. The second-order valence-electron chi connectivity index (χ2n) is 6.33. The molecule has 1 N–H and O–H groups in total. The Morgan fingerprint density at radius 1 is 1.27 bits per heavy atom. The van der Waals surface area contributed by atoms with Gasteiger partial charge in [0.2, 0.25) is 0 Å². The summed E-state index contributed by atoms with van der Waals surface area (Å²) in [5.41, 5.74) is 1.67. The zero-order valence-electron chi connectivity index (χ0n) is 13.1. The summed E-state index contributed by atoms with van der Waals surface area (Å²) in [7, 11) is 0. The van der Waals surface area contributed by atoms with Crippen LogP contribution in [0.15, 0.2) is 24.3 Å². The molecule has 1 unspecified atom stereocenters. The molecule has 0 aromatic heterocycles. The van der Waals surface area contributed by atoms with Gasteiger partial charge in [-0.25, -0.2) is 4.79 Å². The number of amides is 3. The molecule has 1 aliphatic heterocycles. The number of hydrogen-bond acceptors (Lipinski definition) is 3. The molecule has 0 radical (unpaired) electrons. The van der Waals surface area contributed by atoms with Crippen molar-refractivity contribution in [2.24, 2.45) is 0 Å². The molecule has 1 aliphatic carbocycles. The van der Waals surface area contributed by atoms with E-state index in [1.54, 1.807) is 0 Å². The molecule has 1 fully saturated rings. The van der Waals surface area contributed by atoms with Gasteiger partial charge in [-0.3, -0.25) is 9.69 Å². The first kappa shape index (κ1) is 15.0. The molecule has 1 saturated heterocycles. The van der Waals surface area contributed by atoms with Crippen molar-refractivity contribution in [1.82, 2.24) is 10.2 Å². The average Bonchev–Trinajstić information content (AvgIpc) is 2.71. The summed E-state index contributed by atoms with van der Waals surface area (Å²) in [5, 5.41) is 2.93. The van der Waals surface area contributed by atoms with Gasteiger partial charge in [-0.15, -0.1) is 0 Å². The SMILES string of the molecule is CC(C)OCCN1C(=O)NC2(CCc3ccccc3C2)C1=O. The number of nitrogens with zero attached hydrogens (tertiary/aromatic N) is 1. The Labute approximate surface area is 130 Å². The van der Waals surface area contributed by atoms with Crippen molar-refractivity contribution in [3.8, 4) is 0 Å². The fourth-order valence-corrected chi connectivity index (χ4v) is 3.28. The third-order valence-electron chi connectivity index (χ3n) is 4.44. The molecule has 5 heteroatoms. The van der Waals surface area contributed by atoms with Crippen LogP contribution in [0.3, 0.4) is 0 Å². The van der Waals surface area contributed by atoms with E-state index in [9.17, 15) is 9.59 Å². The minimum Gasteiger partial charge on any atom is -0.377 e. The number of ether oxygens (including phenoxy) is 1. The molecule has 0 bridgehead atoms. The maximum atomic E-state index is 12.8. The molecule has 1 heterocycles. The number of benzene rings is 1. The predicted molar refractivity (Wildman–Crippen MR) is 82.5 cm³/mol. The molecule has 1 atom stereocenters. The van der Waals surface area contributed by atoms with Gasteiger partial charge < -0.3 is 10.1 Å². The first-order valence-corrected chi connectivity index (χ1v) is 7.84. The molecule has 2 aliphatic rings. The van der Waals surface area contributed by atoms with Crippen LogP contribution < -0.4 is 5.32 Å². The maximum Gasteiger partial charge on any atom is 0.325 e. The molecule has 1 aromatic rings. The highest BCUT2D eigenvalue weighted by atomic mass is 16.5. The second kappa shape index (κ2) is 5.72. The summed E-state index contributed by atoms with van der Waals surface area (Å²) in [4.78, 5) is 26.3. The lowest BCUT2D eigenvalue weighted by atomic mass is 9.78. The normalized spacial score (nSPS) is 24.0. The van der Waals surface area contributed by atoms with Gasteiger partial charge in [0.05, 0.1) is 19.3 Å². The number of nitrogens with one attached hydrogen (secondary N) is 1. The first-order chi connectivity index (χ1) is 10.5. The average molecular weight is 302 g/mol. The fourth-order valence-electron chi connectivity index (χ4n) is 3.28. The largest absolute Gasteiger partial charge is 0.377 e. The number of fused-ring (bicyclic) bond motifs is 1. The third kappa shape index (κ3) is 2.61. The smallest absolute Gasteiger partial charge is 0.325 e. The molecule has 3 amide bonds. The number of aryl methyl sites for hydroxylation is 1. The van der Waals surface area contributed by atoms with Gasteiger partial charge in [-0.05, 0) is 37.8 Å². The quantitative estimate of drug-likeness (QED) is 0.864. The second-order valence-corrected chi connectivity index (χ2v) is 6.33. The summed E-state index contributed by atoms with van der Waals surface area (Å²) in [6, 6.07) is 7.84. The van der Waals surface area contributed by atoms with E-state index in [4.69, 9.17) is 4.74 Å². The van der Waals surface area contributed by atoms with Crippen molar-refractivity contribution in [3.63, 3.8) is 0 Å².